The van der Waals surface area contributed by atoms with Gasteiger partial charge in [-0.15, -0.1) is 12.6 Å². The number of rotatable bonds is 0. The Labute approximate surface area is 79.5 Å². The summed E-state index contributed by atoms with van der Waals surface area (Å²) < 4.78 is 0. The molecule has 0 aliphatic carbocycles. The minimum atomic E-state index is 0.473. The van der Waals surface area contributed by atoms with Gasteiger partial charge >= 0.3 is 0 Å². The molecule has 0 N–H and O–H groups in total. The van der Waals surface area contributed by atoms with E-state index in [0.717, 1.165) is 0 Å². The molecule has 4 heteroatoms. The van der Waals surface area contributed by atoms with Crippen molar-refractivity contribution in [2.45, 2.75) is 4.90 Å². The summed E-state index contributed by atoms with van der Waals surface area (Å²) in [5.41, 5.74) is 0. The SMILES string of the molecule is Sc1c(Cl)cc(Cl)cc1Cl. The molecule has 10 heavy (non-hydrogen) atoms. The standard InChI is InChI=1S/C6H3Cl3S/c7-3-1-4(8)6(10)5(9)2-3/h1-2,10H. The maximum Gasteiger partial charge on any atom is 0.0569 e. The lowest BCUT2D eigenvalue weighted by Crippen LogP contribution is -1.72. The van der Waals surface area contributed by atoms with E-state index in [4.69, 9.17) is 34.8 Å². The van der Waals surface area contributed by atoms with E-state index in [9.17, 15) is 0 Å². The van der Waals surface area contributed by atoms with E-state index < -0.39 is 0 Å². The van der Waals surface area contributed by atoms with Crippen LogP contribution >= 0.6 is 47.4 Å². The summed E-state index contributed by atoms with van der Waals surface area (Å²) >= 11 is 21.0. The molecule has 0 radical (unpaired) electrons. The maximum atomic E-state index is 5.67. The highest BCUT2D eigenvalue weighted by molar-refractivity contribution is 7.80. The van der Waals surface area contributed by atoms with Crippen molar-refractivity contribution in [2.24, 2.45) is 0 Å². The van der Waals surface area contributed by atoms with Gasteiger partial charge < -0.3 is 0 Å². The zero-order valence-corrected chi connectivity index (χ0v) is 7.90. The van der Waals surface area contributed by atoms with Gasteiger partial charge in [-0.1, -0.05) is 34.8 Å². The van der Waals surface area contributed by atoms with Crippen molar-refractivity contribution in [3.05, 3.63) is 27.2 Å². The van der Waals surface area contributed by atoms with Crippen LogP contribution in [0.15, 0.2) is 17.0 Å². The van der Waals surface area contributed by atoms with Crippen LogP contribution in [0.3, 0.4) is 0 Å². The second-order valence-corrected chi connectivity index (χ2v) is 3.42. The predicted molar refractivity (Wildman–Crippen MR) is 48.7 cm³/mol. The number of hydrogen-bond donors (Lipinski definition) is 1. The fraction of sp³-hybridized carbons (Fsp3) is 0. The van der Waals surface area contributed by atoms with Crippen molar-refractivity contribution in [1.82, 2.24) is 0 Å². The zero-order valence-electron chi connectivity index (χ0n) is 4.74. The zero-order chi connectivity index (χ0) is 7.72. The van der Waals surface area contributed by atoms with E-state index in [0.29, 0.717) is 20.0 Å². The number of hydrogen-bond acceptors (Lipinski definition) is 1. The van der Waals surface area contributed by atoms with Crippen LogP contribution in [0.2, 0.25) is 15.1 Å². The molecule has 0 unspecified atom stereocenters. The van der Waals surface area contributed by atoms with Gasteiger partial charge in [0, 0.05) is 9.92 Å². The first kappa shape index (κ1) is 8.54. The van der Waals surface area contributed by atoms with Crippen LogP contribution in [0.1, 0.15) is 0 Å². The quantitative estimate of drug-likeness (QED) is 0.620. The lowest BCUT2D eigenvalue weighted by molar-refractivity contribution is 1.47. The summed E-state index contributed by atoms with van der Waals surface area (Å²) in [6, 6.07) is 3.19. The van der Waals surface area contributed by atoms with Gasteiger partial charge in [0.25, 0.3) is 0 Å². The van der Waals surface area contributed by atoms with Crippen LogP contribution in [-0.4, -0.2) is 0 Å². The molecular weight excluding hydrogens is 210 g/mol. The van der Waals surface area contributed by atoms with Crippen molar-refractivity contribution >= 4 is 47.4 Å². The van der Waals surface area contributed by atoms with Gasteiger partial charge in [0.2, 0.25) is 0 Å². The Balaban J connectivity index is 3.31. The van der Waals surface area contributed by atoms with Crippen molar-refractivity contribution in [3.8, 4) is 0 Å². The molecule has 1 rings (SSSR count). The van der Waals surface area contributed by atoms with Crippen LogP contribution in [0.5, 0.6) is 0 Å². The van der Waals surface area contributed by atoms with E-state index >= 15 is 0 Å². The highest BCUT2D eigenvalue weighted by atomic mass is 35.5. The molecule has 0 saturated carbocycles. The van der Waals surface area contributed by atoms with Crippen molar-refractivity contribution in [1.29, 1.82) is 0 Å². The van der Waals surface area contributed by atoms with Gasteiger partial charge in [0.05, 0.1) is 10.0 Å². The second kappa shape index (κ2) is 3.22. The molecule has 0 spiro atoms. The van der Waals surface area contributed by atoms with Gasteiger partial charge in [0.1, 0.15) is 0 Å². The fourth-order valence-corrected chi connectivity index (χ4v) is 1.48. The summed E-state index contributed by atoms with van der Waals surface area (Å²) in [4.78, 5) is 0.563. The van der Waals surface area contributed by atoms with E-state index in [2.05, 4.69) is 12.6 Å². The van der Waals surface area contributed by atoms with Gasteiger partial charge in [-0.2, -0.15) is 0 Å². The van der Waals surface area contributed by atoms with Gasteiger partial charge in [-0.05, 0) is 12.1 Å². The summed E-state index contributed by atoms with van der Waals surface area (Å²) in [7, 11) is 0. The highest BCUT2D eigenvalue weighted by Crippen LogP contribution is 2.31. The van der Waals surface area contributed by atoms with Crippen LogP contribution in [-0.2, 0) is 0 Å². The third-order valence-corrected chi connectivity index (χ3v) is 2.54. The fourth-order valence-electron chi connectivity index (χ4n) is 0.535. The van der Waals surface area contributed by atoms with Gasteiger partial charge in [-0.3, -0.25) is 0 Å². The molecule has 0 atom stereocenters. The Morgan fingerprint density at radius 3 is 1.80 bits per heavy atom. The van der Waals surface area contributed by atoms with Crippen molar-refractivity contribution in [2.75, 3.05) is 0 Å². The Bertz CT molecular complexity index is 236. The second-order valence-electron chi connectivity index (χ2n) is 1.72. The minimum Gasteiger partial charge on any atom is -0.140 e. The highest BCUT2D eigenvalue weighted by Gasteiger charge is 2.01. The molecule has 0 nitrogen and oxygen atoms in total. The van der Waals surface area contributed by atoms with Gasteiger partial charge in [0.15, 0.2) is 0 Å². The Morgan fingerprint density at radius 1 is 1.00 bits per heavy atom. The molecule has 0 aliphatic rings. The summed E-state index contributed by atoms with van der Waals surface area (Å²) in [5, 5.41) is 1.47. The molecule has 0 bridgehead atoms. The molecule has 0 aliphatic heterocycles. The normalized spacial score (nSPS) is 10.0. The number of halogens is 3. The van der Waals surface area contributed by atoms with E-state index in [1.165, 1.54) is 0 Å². The van der Waals surface area contributed by atoms with Crippen LogP contribution in [0, 0.1) is 0 Å². The lowest BCUT2D eigenvalue weighted by Gasteiger charge is -1.98. The first-order valence-corrected chi connectivity index (χ1v) is 4.03. The summed E-state index contributed by atoms with van der Waals surface area (Å²) in [6.45, 7) is 0. The Morgan fingerprint density at radius 2 is 1.40 bits per heavy atom. The molecule has 0 heterocycles. The van der Waals surface area contributed by atoms with Crippen LogP contribution in [0.4, 0.5) is 0 Å². The molecule has 0 amide bonds. The van der Waals surface area contributed by atoms with Crippen molar-refractivity contribution < 1.29 is 0 Å². The first-order chi connectivity index (χ1) is 4.61. The van der Waals surface area contributed by atoms with Crippen molar-refractivity contribution in [3.63, 3.8) is 0 Å². The third kappa shape index (κ3) is 1.73. The molecule has 1 aromatic carbocycles. The van der Waals surface area contributed by atoms with E-state index in [1.54, 1.807) is 12.1 Å². The molecule has 54 valence electrons. The lowest BCUT2D eigenvalue weighted by atomic mass is 10.4. The molecule has 1 aromatic rings. The first-order valence-electron chi connectivity index (χ1n) is 2.45. The van der Waals surface area contributed by atoms with Crippen LogP contribution in [0.25, 0.3) is 0 Å². The Kier molecular flexibility index (Phi) is 2.75. The maximum absolute atomic E-state index is 5.67. The molecular formula is C6H3Cl3S. The molecule has 0 fully saturated rings. The monoisotopic (exact) mass is 212 g/mol. The average Bonchev–Trinajstić information content (AvgIpc) is 1.82. The summed E-state index contributed by atoms with van der Waals surface area (Å²) in [5.74, 6) is 0. The smallest absolute Gasteiger partial charge is 0.0569 e. The summed E-state index contributed by atoms with van der Waals surface area (Å²) in [6.07, 6.45) is 0. The van der Waals surface area contributed by atoms with E-state index in [-0.39, 0.29) is 0 Å². The van der Waals surface area contributed by atoms with Gasteiger partial charge in [-0.25, -0.2) is 0 Å². The molecule has 0 saturated heterocycles. The average molecular weight is 214 g/mol. The predicted octanol–water partition coefficient (Wildman–Crippen LogP) is 3.94. The topological polar surface area (TPSA) is 0 Å². The number of benzene rings is 1. The largest absolute Gasteiger partial charge is 0.140 e. The Hall–Kier alpha value is 0.440. The molecule has 0 aromatic heterocycles. The minimum absolute atomic E-state index is 0.473. The third-order valence-electron chi connectivity index (χ3n) is 0.982. The number of thiol groups is 1. The van der Waals surface area contributed by atoms with Crippen LogP contribution < -0.4 is 0 Å². The van der Waals surface area contributed by atoms with E-state index in [1.807, 2.05) is 0 Å².